The Hall–Kier alpha value is -2.45. The van der Waals surface area contributed by atoms with Gasteiger partial charge in [0.1, 0.15) is 5.60 Å². The fourth-order valence-electron chi connectivity index (χ4n) is 2.40. The van der Waals surface area contributed by atoms with Gasteiger partial charge in [0, 0.05) is 26.3 Å². The van der Waals surface area contributed by atoms with E-state index in [1.165, 1.54) is 9.80 Å². The molecule has 0 aromatic heterocycles. The maximum Gasteiger partial charge on any atom is 0.338 e. The molecule has 2 unspecified atom stereocenters. The van der Waals surface area contributed by atoms with Gasteiger partial charge in [-0.2, -0.15) is 0 Å². The molecule has 1 N–H and O–H groups in total. The Balaban J connectivity index is 2.63. The zero-order valence-electron chi connectivity index (χ0n) is 18.0. The van der Waals surface area contributed by atoms with Crippen molar-refractivity contribution in [2.24, 2.45) is 0 Å². The van der Waals surface area contributed by atoms with Gasteiger partial charge in [0.15, 0.2) is 6.10 Å². The SMILES string of the molecule is CC(OCCN(C=O)c1cccc(CC(=O)N(C)C)c1)C(O)C(=O)OC(C)(C)C. The van der Waals surface area contributed by atoms with E-state index in [0.717, 1.165) is 5.56 Å². The van der Waals surface area contributed by atoms with Gasteiger partial charge in [0.25, 0.3) is 0 Å². The maximum atomic E-state index is 11.9. The summed E-state index contributed by atoms with van der Waals surface area (Å²) in [6.45, 7) is 7.04. The van der Waals surface area contributed by atoms with Gasteiger partial charge in [-0.25, -0.2) is 4.79 Å². The van der Waals surface area contributed by atoms with Crippen molar-refractivity contribution in [1.29, 1.82) is 0 Å². The first kappa shape index (κ1) is 24.6. The maximum absolute atomic E-state index is 11.9. The van der Waals surface area contributed by atoms with Crippen LogP contribution >= 0.6 is 0 Å². The normalized spacial score (nSPS) is 13.3. The quantitative estimate of drug-likeness (QED) is 0.464. The molecule has 2 amide bonds. The van der Waals surface area contributed by atoms with Crippen molar-refractivity contribution in [2.75, 3.05) is 32.1 Å². The van der Waals surface area contributed by atoms with Crippen molar-refractivity contribution in [3.8, 4) is 0 Å². The summed E-state index contributed by atoms with van der Waals surface area (Å²) in [5.74, 6) is -0.788. The lowest BCUT2D eigenvalue weighted by Crippen LogP contribution is -2.40. The summed E-state index contributed by atoms with van der Waals surface area (Å²) in [5.41, 5.74) is 0.723. The number of amides is 2. The van der Waals surface area contributed by atoms with Crippen LogP contribution in [0.5, 0.6) is 0 Å². The van der Waals surface area contributed by atoms with Gasteiger partial charge in [-0.1, -0.05) is 12.1 Å². The summed E-state index contributed by atoms with van der Waals surface area (Å²) < 4.78 is 10.6. The van der Waals surface area contributed by atoms with E-state index in [-0.39, 0.29) is 25.5 Å². The molecule has 0 saturated carbocycles. The molecule has 0 spiro atoms. The Kier molecular flexibility index (Phi) is 9.26. The Morgan fingerprint density at radius 2 is 1.90 bits per heavy atom. The second kappa shape index (κ2) is 10.9. The zero-order valence-corrected chi connectivity index (χ0v) is 18.0. The van der Waals surface area contributed by atoms with Crippen LogP contribution in [-0.4, -0.2) is 73.3 Å². The predicted octanol–water partition coefficient (Wildman–Crippen LogP) is 1.39. The highest BCUT2D eigenvalue weighted by Gasteiger charge is 2.28. The van der Waals surface area contributed by atoms with Gasteiger partial charge in [0.05, 0.1) is 19.1 Å². The van der Waals surface area contributed by atoms with Gasteiger partial charge in [-0.15, -0.1) is 0 Å². The average Bonchev–Trinajstić information content (AvgIpc) is 2.63. The lowest BCUT2D eigenvalue weighted by atomic mass is 10.1. The molecule has 1 aromatic rings. The van der Waals surface area contributed by atoms with E-state index in [9.17, 15) is 19.5 Å². The van der Waals surface area contributed by atoms with E-state index in [0.29, 0.717) is 12.1 Å². The number of ether oxygens (including phenoxy) is 2. The molecule has 0 aliphatic rings. The van der Waals surface area contributed by atoms with Crippen molar-refractivity contribution in [2.45, 2.75) is 51.9 Å². The summed E-state index contributed by atoms with van der Waals surface area (Å²) in [4.78, 5) is 38.2. The fourth-order valence-corrected chi connectivity index (χ4v) is 2.40. The van der Waals surface area contributed by atoms with Crippen LogP contribution in [0.3, 0.4) is 0 Å². The van der Waals surface area contributed by atoms with Gasteiger partial charge in [-0.05, 0) is 45.4 Å². The molecular weight excluding hydrogens is 376 g/mol. The molecule has 2 atom stereocenters. The summed E-state index contributed by atoms with van der Waals surface area (Å²) in [5, 5.41) is 10.0. The van der Waals surface area contributed by atoms with Crippen LogP contribution in [-0.2, 0) is 30.3 Å². The van der Waals surface area contributed by atoms with E-state index >= 15 is 0 Å². The number of hydrogen-bond acceptors (Lipinski definition) is 6. The Morgan fingerprint density at radius 3 is 2.45 bits per heavy atom. The first-order valence-electron chi connectivity index (χ1n) is 9.48. The van der Waals surface area contributed by atoms with E-state index < -0.39 is 23.8 Å². The molecule has 0 saturated heterocycles. The minimum absolute atomic E-state index is 0.0342. The Morgan fingerprint density at radius 1 is 1.24 bits per heavy atom. The molecule has 162 valence electrons. The molecule has 1 aromatic carbocycles. The minimum atomic E-state index is -1.42. The van der Waals surface area contributed by atoms with Crippen LogP contribution in [0.2, 0.25) is 0 Å². The number of rotatable bonds is 10. The number of carbonyl (C=O) groups is 3. The summed E-state index contributed by atoms with van der Waals surface area (Å²) in [6.07, 6.45) is -1.30. The molecule has 0 aliphatic heterocycles. The molecule has 0 heterocycles. The molecule has 8 heteroatoms. The van der Waals surface area contributed by atoms with Gasteiger partial charge in [-0.3, -0.25) is 9.59 Å². The Labute approximate surface area is 172 Å². The van der Waals surface area contributed by atoms with Crippen LogP contribution in [0.4, 0.5) is 5.69 Å². The van der Waals surface area contributed by atoms with Gasteiger partial charge >= 0.3 is 5.97 Å². The number of aliphatic hydroxyl groups is 1. The Bertz CT molecular complexity index is 699. The zero-order chi connectivity index (χ0) is 22.2. The van der Waals surface area contributed by atoms with Crippen molar-refractivity contribution in [3.63, 3.8) is 0 Å². The standard InChI is InChI=1S/C21H32N2O6/c1-15(19(26)20(27)29-21(2,3)4)28-11-10-23(14-24)17-9-7-8-16(12-17)13-18(25)22(5)6/h7-9,12,14-15,19,26H,10-11,13H2,1-6H3. The second-order valence-electron chi connectivity index (χ2n) is 7.99. The molecule has 0 aliphatic carbocycles. The van der Waals surface area contributed by atoms with Crippen LogP contribution in [0, 0.1) is 0 Å². The number of anilines is 1. The third-order valence-corrected chi connectivity index (χ3v) is 4.03. The van der Waals surface area contributed by atoms with Crippen molar-refractivity contribution in [1.82, 2.24) is 4.90 Å². The topological polar surface area (TPSA) is 96.4 Å². The van der Waals surface area contributed by atoms with Crippen LogP contribution in [0.15, 0.2) is 24.3 Å². The van der Waals surface area contributed by atoms with Crippen molar-refractivity contribution in [3.05, 3.63) is 29.8 Å². The van der Waals surface area contributed by atoms with E-state index in [4.69, 9.17) is 9.47 Å². The number of hydrogen-bond donors (Lipinski definition) is 1. The number of aliphatic hydroxyl groups excluding tert-OH is 1. The summed E-state index contributed by atoms with van der Waals surface area (Å²) in [6, 6.07) is 7.13. The lowest BCUT2D eigenvalue weighted by molar-refractivity contribution is -0.172. The monoisotopic (exact) mass is 408 g/mol. The van der Waals surface area contributed by atoms with Crippen LogP contribution in [0.25, 0.3) is 0 Å². The molecule has 29 heavy (non-hydrogen) atoms. The lowest BCUT2D eigenvalue weighted by Gasteiger charge is -2.25. The first-order valence-corrected chi connectivity index (χ1v) is 9.48. The first-order chi connectivity index (χ1) is 13.4. The number of carbonyl (C=O) groups excluding carboxylic acids is 3. The van der Waals surface area contributed by atoms with Crippen molar-refractivity contribution < 1.29 is 29.0 Å². The largest absolute Gasteiger partial charge is 0.458 e. The molecule has 0 bridgehead atoms. The second-order valence-corrected chi connectivity index (χ2v) is 7.99. The van der Waals surface area contributed by atoms with Crippen LogP contribution in [0.1, 0.15) is 33.3 Å². The third-order valence-electron chi connectivity index (χ3n) is 4.03. The van der Waals surface area contributed by atoms with Gasteiger partial charge in [0.2, 0.25) is 12.3 Å². The van der Waals surface area contributed by atoms with E-state index in [1.54, 1.807) is 60.0 Å². The summed E-state index contributed by atoms with van der Waals surface area (Å²) >= 11 is 0. The van der Waals surface area contributed by atoms with Gasteiger partial charge < -0.3 is 24.4 Å². The molecular formula is C21H32N2O6. The smallest absolute Gasteiger partial charge is 0.338 e. The van der Waals surface area contributed by atoms with E-state index in [2.05, 4.69) is 0 Å². The average molecular weight is 408 g/mol. The highest BCUT2D eigenvalue weighted by molar-refractivity contribution is 5.80. The number of likely N-dealkylation sites (N-methyl/N-ethyl adjacent to an activating group) is 1. The number of benzene rings is 1. The van der Waals surface area contributed by atoms with E-state index in [1.807, 2.05) is 6.07 Å². The molecule has 0 fully saturated rings. The molecule has 0 radical (unpaired) electrons. The minimum Gasteiger partial charge on any atom is -0.458 e. The highest BCUT2D eigenvalue weighted by atomic mass is 16.6. The summed E-state index contributed by atoms with van der Waals surface area (Å²) in [7, 11) is 3.38. The molecule has 1 rings (SSSR count). The van der Waals surface area contributed by atoms with Crippen molar-refractivity contribution >= 4 is 24.0 Å². The number of esters is 1. The molecule has 8 nitrogen and oxygen atoms in total. The van der Waals surface area contributed by atoms with Crippen LogP contribution < -0.4 is 4.90 Å². The fraction of sp³-hybridized carbons (Fsp3) is 0.571. The third kappa shape index (κ3) is 8.62. The highest BCUT2D eigenvalue weighted by Crippen LogP contribution is 2.16. The predicted molar refractivity (Wildman–Crippen MR) is 110 cm³/mol. The number of nitrogens with zero attached hydrogens (tertiary/aromatic N) is 2.